The zero-order chi connectivity index (χ0) is 20.5. The molecule has 0 radical (unpaired) electrons. The van der Waals surface area contributed by atoms with E-state index in [-0.39, 0.29) is 36.9 Å². The van der Waals surface area contributed by atoms with Crippen LogP contribution >= 0.6 is 0 Å². The summed E-state index contributed by atoms with van der Waals surface area (Å²) in [6, 6.07) is 5.02. The van der Waals surface area contributed by atoms with Gasteiger partial charge in [0, 0.05) is 40.8 Å². The molecular weight excluding hydrogens is 397 g/mol. The Kier molecular flexibility index (Phi) is 5.76. The number of hydrogen-bond acceptors (Lipinski definition) is 5. The molecule has 2 bridgehead atoms. The zero-order valence-electron chi connectivity index (χ0n) is 16.4. The zero-order valence-corrected chi connectivity index (χ0v) is 17.3. The van der Waals surface area contributed by atoms with Gasteiger partial charge in [0.1, 0.15) is 11.9 Å². The molecule has 3 aliphatic rings. The number of ether oxygens (including phenoxy) is 1. The summed E-state index contributed by atoms with van der Waals surface area (Å²) < 4.78 is 32.2. The van der Waals surface area contributed by atoms with Crippen molar-refractivity contribution in [2.75, 3.05) is 34.4 Å². The number of fused-ring (bicyclic) bond motifs is 2. The molecule has 4 rings (SSSR count). The molecule has 3 heterocycles. The van der Waals surface area contributed by atoms with E-state index in [4.69, 9.17) is 4.74 Å². The Hall–Kier alpha value is -2.16. The summed E-state index contributed by atoms with van der Waals surface area (Å²) in [7, 11) is -0.825. The highest BCUT2D eigenvalue weighted by atomic mass is 32.2. The first kappa shape index (κ1) is 20.1. The third kappa shape index (κ3) is 4.10. The van der Waals surface area contributed by atoms with Crippen molar-refractivity contribution in [2.45, 2.75) is 50.8 Å². The Balaban J connectivity index is 1.44. The highest BCUT2D eigenvalue weighted by molar-refractivity contribution is 7.85. The fourth-order valence-corrected chi connectivity index (χ4v) is 6.08. The molecule has 3 fully saturated rings. The van der Waals surface area contributed by atoms with Crippen molar-refractivity contribution in [3.63, 3.8) is 0 Å². The molecule has 2 unspecified atom stereocenters. The van der Waals surface area contributed by atoms with E-state index in [9.17, 15) is 18.2 Å². The average molecular weight is 424 g/mol. The Labute approximate surface area is 172 Å². The van der Waals surface area contributed by atoms with Crippen molar-refractivity contribution in [1.29, 1.82) is 0 Å². The molecule has 29 heavy (non-hydrogen) atoms. The number of hydrogen-bond donors (Lipinski definition) is 1. The van der Waals surface area contributed by atoms with Crippen molar-refractivity contribution < 1.29 is 22.9 Å². The number of nitrogens with one attached hydrogen (secondary N) is 1. The normalized spacial score (nSPS) is 28.6. The smallest absolute Gasteiger partial charge is 0.414 e. The van der Waals surface area contributed by atoms with Crippen LogP contribution in [0.4, 0.5) is 20.6 Å². The van der Waals surface area contributed by atoms with Crippen molar-refractivity contribution >= 4 is 34.2 Å². The quantitative estimate of drug-likeness (QED) is 0.759. The number of benzene rings is 1. The van der Waals surface area contributed by atoms with Crippen molar-refractivity contribution in [1.82, 2.24) is 5.32 Å². The molecule has 9 heteroatoms. The second-order valence-electron chi connectivity index (χ2n) is 7.87. The molecule has 0 aliphatic carbocycles. The molecule has 1 aromatic rings. The number of carbonyl (C=O) groups excluding carboxylic acids is 2. The van der Waals surface area contributed by atoms with E-state index in [1.165, 1.54) is 11.0 Å². The molecule has 2 amide bonds. The van der Waals surface area contributed by atoms with Gasteiger partial charge in [-0.25, -0.2) is 9.18 Å². The summed E-state index contributed by atoms with van der Waals surface area (Å²) in [5.74, 6) is 0.706. The van der Waals surface area contributed by atoms with Crippen LogP contribution in [0, 0.1) is 5.82 Å². The van der Waals surface area contributed by atoms with E-state index < -0.39 is 23.0 Å². The van der Waals surface area contributed by atoms with Crippen molar-refractivity contribution in [3.05, 3.63) is 24.0 Å². The summed E-state index contributed by atoms with van der Waals surface area (Å²) >= 11 is 0. The number of nitrogens with zero attached hydrogens (tertiary/aromatic N) is 2. The van der Waals surface area contributed by atoms with Gasteiger partial charge >= 0.3 is 6.09 Å². The Bertz CT molecular complexity index is 820. The summed E-state index contributed by atoms with van der Waals surface area (Å²) in [4.78, 5) is 27.3. The molecule has 0 spiro atoms. The number of rotatable bonds is 6. The standard InChI is InChI=1S/C20H26FN3O4S/c1-2-3-19(25)22-9-16-10-23(20(26)28-16)13-6-7-18(17(21)8-13)24-14-4-5-15(24)12-29(27)11-14/h6-8,14-16H,2-5,9-12H2,1H3,(H,22,25)/t14?,15?,16-,29?/m0/s1. The van der Waals surface area contributed by atoms with E-state index in [1.807, 2.05) is 6.92 Å². The lowest BCUT2D eigenvalue weighted by molar-refractivity contribution is -0.121. The van der Waals surface area contributed by atoms with Crippen LogP contribution in [0.3, 0.4) is 0 Å². The second-order valence-corrected chi connectivity index (χ2v) is 9.42. The number of anilines is 2. The van der Waals surface area contributed by atoms with Gasteiger partial charge in [0.2, 0.25) is 5.91 Å². The molecular formula is C20H26FN3O4S. The lowest BCUT2D eigenvalue weighted by Gasteiger charge is -2.36. The van der Waals surface area contributed by atoms with Crippen LogP contribution in [-0.4, -0.2) is 59.0 Å². The highest BCUT2D eigenvalue weighted by Gasteiger charge is 2.41. The number of carbonyl (C=O) groups is 2. The largest absolute Gasteiger partial charge is 0.442 e. The van der Waals surface area contributed by atoms with Crippen LogP contribution in [-0.2, 0) is 20.3 Å². The van der Waals surface area contributed by atoms with Crippen molar-refractivity contribution in [2.24, 2.45) is 0 Å². The van der Waals surface area contributed by atoms with Crippen LogP contribution < -0.4 is 15.1 Å². The maximum atomic E-state index is 15.0. The lowest BCUT2D eigenvalue weighted by Crippen LogP contribution is -2.47. The second kappa shape index (κ2) is 8.30. The van der Waals surface area contributed by atoms with Gasteiger partial charge in [-0.05, 0) is 37.5 Å². The fraction of sp³-hybridized carbons (Fsp3) is 0.600. The maximum absolute atomic E-state index is 15.0. The third-order valence-corrected chi connectivity index (χ3v) is 7.29. The number of halogens is 1. The minimum atomic E-state index is -0.825. The molecule has 7 nitrogen and oxygen atoms in total. The SMILES string of the molecule is CCCC(=O)NC[C@H]1CN(c2ccc(N3C4CCC3CS(=O)C4)c(F)c2)C(=O)O1. The van der Waals surface area contributed by atoms with Crippen LogP contribution in [0.1, 0.15) is 32.6 Å². The molecule has 0 saturated carbocycles. The first-order valence-electron chi connectivity index (χ1n) is 10.1. The van der Waals surface area contributed by atoms with Crippen LogP contribution in [0.15, 0.2) is 18.2 Å². The summed E-state index contributed by atoms with van der Waals surface area (Å²) in [6.07, 6.45) is 2.05. The van der Waals surface area contributed by atoms with Gasteiger partial charge in [-0.1, -0.05) is 6.92 Å². The van der Waals surface area contributed by atoms with Gasteiger partial charge in [-0.15, -0.1) is 0 Å². The van der Waals surface area contributed by atoms with Crippen LogP contribution in [0.5, 0.6) is 0 Å². The summed E-state index contributed by atoms with van der Waals surface area (Å²) in [5, 5.41) is 2.75. The monoisotopic (exact) mass is 423 g/mol. The van der Waals surface area contributed by atoms with E-state index in [1.54, 1.807) is 12.1 Å². The molecule has 3 aliphatic heterocycles. The summed E-state index contributed by atoms with van der Waals surface area (Å²) in [5.41, 5.74) is 0.945. The molecule has 1 N–H and O–H groups in total. The maximum Gasteiger partial charge on any atom is 0.414 e. The molecule has 3 saturated heterocycles. The average Bonchev–Trinajstić information content (AvgIpc) is 3.17. The van der Waals surface area contributed by atoms with Crippen LogP contribution in [0.25, 0.3) is 0 Å². The van der Waals surface area contributed by atoms with E-state index in [0.29, 0.717) is 29.3 Å². The van der Waals surface area contributed by atoms with Crippen molar-refractivity contribution in [3.8, 4) is 0 Å². The minimum absolute atomic E-state index is 0.0745. The van der Waals surface area contributed by atoms with E-state index >= 15 is 0 Å². The molecule has 1 aromatic carbocycles. The predicted molar refractivity (Wildman–Crippen MR) is 109 cm³/mol. The molecule has 158 valence electrons. The summed E-state index contributed by atoms with van der Waals surface area (Å²) in [6.45, 7) is 2.43. The Morgan fingerprint density at radius 1 is 1.31 bits per heavy atom. The number of amides is 2. The number of cyclic esters (lactones) is 1. The first-order chi connectivity index (χ1) is 14.0. The van der Waals surface area contributed by atoms with Gasteiger partial charge in [-0.2, -0.15) is 0 Å². The van der Waals surface area contributed by atoms with Gasteiger partial charge in [-0.3, -0.25) is 13.9 Å². The first-order valence-corrected chi connectivity index (χ1v) is 11.6. The van der Waals surface area contributed by atoms with Gasteiger partial charge < -0.3 is 15.0 Å². The molecule has 3 atom stereocenters. The highest BCUT2D eigenvalue weighted by Crippen LogP contribution is 2.37. The van der Waals surface area contributed by atoms with E-state index in [2.05, 4.69) is 10.2 Å². The topological polar surface area (TPSA) is 79.0 Å². The Morgan fingerprint density at radius 2 is 2.03 bits per heavy atom. The van der Waals surface area contributed by atoms with Gasteiger partial charge in [0.05, 0.1) is 24.5 Å². The van der Waals surface area contributed by atoms with Crippen LogP contribution in [0.2, 0.25) is 0 Å². The van der Waals surface area contributed by atoms with Gasteiger partial charge in [0.15, 0.2) is 0 Å². The van der Waals surface area contributed by atoms with Gasteiger partial charge in [0.25, 0.3) is 0 Å². The molecule has 0 aromatic heterocycles. The lowest BCUT2D eigenvalue weighted by atomic mass is 10.2. The third-order valence-electron chi connectivity index (χ3n) is 5.78. The minimum Gasteiger partial charge on any atom is -0.442 e. The predicted octanol–water partition coefficient (Wildman–Crippen LogP) is 2.17. The van der Waals surface area contributed by atoms with E-state index in [0.717, 1.165) is 19.3 Å². The Morgan fingerprint density at radius 3 is 2.69 bits per heavy atom. The fourth-order valence-electron chi connectivity index (χ4n) is 4.43.